The average Bonchev–Trinajstić information content (AvgIpc) is 2.82. The third-order valence-corrected chi connectivity index (χ3v) is 2.75. The van der Waals surface area contributed by atoms with Gasteiger partial charge in [0.1, 0.15) is 0 Å². The van der Waals surface area contributed by atoms with E-state index in [0.29, 0.717) is 17.9 Å². The number of carbonyl (C=O) groups excluding carboxylic acids is 1. The van der Waals surface area contributed by atoms with Crippen molar-refractivity contribution in [2.24, 2.45) is 0 Å². The number of nitrogens with zero attached hydrogens (tertiary/aromatic N) is 2. The standard InChI is InChI=1S/C14H18N4O2/c1-4-15-13-6-9(2)16-8-12(13)14(19)17-7-11-5-10(3)18-20-11/h5-6,8H,4,7H2,1-3H3,(H,15,16)(H,17,19). The minimum Gasteiger partial charge on any atom is -0.385 e. The SMILES string of the molecule is CCNc1cc(C)ncc1C(=O)NCc1cc(C)no1. The van der Waals surface area contributed by atoms with Gasteiger partial charge in [-0.3, -0.25) is 9.78 Å². The number of hydrogen-bond donors (Lipinski definition) is 2. The Labute approximate surface area is 117 Å². The molecule has 0 radical (unpaired) electrons. The maximum absolute atomic E-state index is 12.2. The van der Waals surface area contributed by atoms with Crippen LogP contribution in [0.25, 0.3) is 0 Å². The summed E-state index contributed by atoms with van der Waals surface area (Å²) in [5.74, 6) is 0.434. The molecule has 0 saturated heterocycles. The molecular formula is C14H18N4O2. The third kappa shape index (κ3) is 3.34. The van der Waals surface area contributed by atoms with Crippen LogP contribution in [-0.4, -0.2) is 22.6 Å². The summed E-state index contributed by atoms with van der Waals surface area (Å²) in [7, 11) is 0. The minimum absolute atomic E-state index is 0.192. The molecule has 2 rings (SSSR count). The normalized spacial score (nSPS) is 10.3. The van der Waals surface area contributed by atoms with Gasteiger partial charge in [-0.15, -0.1) is 0 Å². The molecule has 2 aromatic heterocycles. The highest BCUT2D eigenvalue weighted by Gasteiger charge is 2.12. The molecule has 0 unspecified atom stereocenters. The number of hydrogen-bond acceptors (Lipinski definition) is 5. The van der Waals surface area contributed by atoms with E-state index in [0.717, 1.165) is 23.6 Å². The Bertz CT molecular complexity index is 607. The van der Waals surface area contributed by atoms with Crippen LogP contribution in [0.1, 0.15) is 34.4 Å². The first kappa shape index (κ1) is 14.0. The topological polar surface area (TPSA) is 80.0 Å². The number of rotatable bonds is 5. The Morgan fingerprint density at radius 1 is 1.30 bits per heavy atom. The van der Waals surface area contributed by atoms with E-state index in [1.165, 1.54) is 0 Å². The minimum atomic E-state index is -0.192. The van der Waals surface area contributed by atoms with Gasteiger partial charge in [-0.25, -0.2) is 0 Å². The molecule has 0 atom stereocenters. The van der Waals surface area contributed by atoms with Crippen LogP contribution < -0.4 is 10.6 Å². The summed E-state index contributed by atoms with van der Waals surface area (Å²) in [4.78, 5) is 16.3. The average molecular weight is 274 g/mol. The summed E-state index contributed by atoms with van der Waals surface area (Å²) >= 11 is 0. The van der Waals surface area contributed by atoms with E-state index < -0.39 is 0 Å². The molecule has 6 heteroatoms. The first-order chi connectivity index (χ1) is 9.60. The van der Waals surface area contributed by atoms with Gasteiger partial charge in [0, 0.05) is 24.5 Å². The highest BCUT2D eigenvalue weighted by molar-refractivity contribution is 5.99. The van der Waals surface area contributed by atoms with Crippen molar-refractivity contribution in [1.29, 1.82) is 0 Å². The summed E-state index contributed by atoms with van der Waals surface area (Å²) in [6.07, 6.45) is 1.58. The first-order valence-corrected chi connectivity index (χ1v) is 6.51. The summed E-state index contributed by atoms with van der Waals surface area (Å²) in [5.41, 5.74) is 2.96. The fourth-order valence-corrected chi connectivity index (χ4v) is 1.84. The van der Waals surface area contributed by atoms with Crippen molar-refractivity contribution in [1.82, 2.24) is 15.5 Å². The molecule has 2 aromatic rings. The molecule has 20 heavy (non-hydrogen) atoms. The van der Waals surface area contributed by atoms with E-state index in [-0.39, 0.29) is 5.91 Å². The lowest BCUT2D eigenvalue weighted by molar-refractivity contribution is 0.0947. The van der Waals surface area contributed by atoms with Gasteiger partial charge < -0.3 is 15.2 Å². The monoisotopic (exact) mass is 274 g/mol. The van der Waals surface area contributed by atoms with Gasteiger partial charge >= 0.3 is 0 Å². The molecule has 0 fully saturated rings. The zero-order valence-electron chi connectivity index (χ0n) is 11.9. The largest absolute Gasteiger partial charge is 0.385 e. The van der Waals surface area contributed by atoms with Crippen LogP contribution in [0, 0.1) is 13.8 Å². The number of amides is 1. The predicted molar refractivity (Wildman–Crippen MR) is 75.5 cm³/mol. The van der Waals surface area contributed by atoms with Gasteiger partial charge in [0.15, 0.2) is 5.76 Å². The van der Waals surface area contributed by atoms with Gasteiger partial charge in [0.2, 0.25) is 0 Å². The number of nitrogens with one attached hydrogen (secondary N) is 2. The molecule has 0 saturated carbocycles. The van der Waals surface area contributed by atoms with Gasteiger partial charge in [-0.1, -0.05) is 5.16 Å². The molecule has 6 nitrogen and oxygen atoms in total. The molecule has 0 aromatic carbocycles. The van der Waals surface area contributed by atoms with Crippen molar-refractivity contribution >= 4 is 11.6 Å². The second kappa shape index (κ2) is 6.18. The van der Waals surface area contributed by atoms with Crippen LogP contribution in [-0.2, 0) is 6.54 Å². The van der Waals surface area contributed by atoms with Gasteiger partial charge in [-0.2, -0.15) is 0 Å². The first-order valence-electron chi connectivity index (χ1n) is 6.51. The Morgan fingerprint density at radius 3 is 2.75 bits per heavy atom. The van der Waals surface area contributed by atoms with Crippen molar-refractivity contribution in [2.75, 3.05) is 11.9 Å². The van der Waals surface area contributed by atoms with Crippen molar-refractivity contribution < 1.29 is 9.32 Å². The molecule has 0 aliphatic carbocycles. The van der Waals surface area contributed by atoms with E-state index in [2.05, 4.69) is 20.8 Å². The summed E-state index contributed by atoms with van der Waals surface area (Å²) in [6, 6.07) is 3.65. The number of aromatic nitrogens is 2. The Balaban J connectivity index is 2.08. The number of aryl methyl sites for hydroxylation is 2. The molecule has 0 aliphatic rings. The molecule has 0 spiro atoms. The number of pyridine rings is 1. The number of carbonyl (C=O) groups is 1. The van der Waals surface area contributed by atoms with Crippen molar-refractivity contribution in [3.05, 3.63) is 41.0 Å². The maximum Gasteiger partial charge on any atom is 0.255 e. The van der Waals surface area contributed by atoms with Crippen LogP contribution in [0.2, 0.25) is 0 Å². The lowest BCUT2D eigenvalue weighted by atomic mass is 10.2. The molecule has 0 bridgehead atoms. The molecule has 2 heterocycles. The number of anilines is 1. The lowest BCUT2D eigenvalue weighted by Gasteiger charge is -2.10. The van der Waals surface area contributed by atoms with Gasteiger partial charge in [0.05, 0.1) is 23.5 Å². The van der Waals surface area contributed by atoms with E-state index in [1.54, 1.807) is 12.3 Å². The highest BCUT2D eigenvalue weighted by atomic mass is 16.5. The highest BCUT2D eigenvalue weighted by Crippen LogP contribution is 2.15. The second-order valence-electron chi connectivity index (χ2n) is 4.52. The summed E-state index contributed by atoms with van der Waals surface area (Å²) in [6.45, 7) is 6.75. The van der Waals surface area contributed by atoms with E-state index in [1.807, 2.05) is 26.8 Å². The van der Waals surface area contributed by atoms with Crippen molar-refractivity contribution in [2.45, 2.75) is 27.3 Å². The fraction of sp³-hybridized carbons (Fsp3) is 0.357. The lowest BCUT2D eigenvalue weighted by Crippen LogP contribution is -2.24. The van der Waals surface area contributed by atoms with Crippen LogP contribution >= 0.6 is 0 Å². The van der Waals surface area contributed by atoms with E-state index >= 15 is 0 Å². The molecule has 2 N–H and O–H groups in total. The molecule has 106 valence electrons. The van der Waals surface area contributed by atoms with Crippen LogP contribution in [0.3, 0.4) is 0 Å². The fourth-order valence-electron chi connectivity index (χ4n) is 1.84. The van der Waals surface area contributed by atoms with E-state index in [9.17, 15) is 4.79 Å². The molecular weight excluding hydrogens is 256 g/mol. The Kier molecular flexibility index (Phi) is 4.34. The summed E-state index contributed by atoms with van der Waals surface area (Å²) in [5, 5.41) is 9.73. The smallest absolute Gasteiger partial charge is 0.255 e. The quantitative estimate of drug-likeness (QED) is 0.872. The molecule has 0 aliphatic heterocycles. The predicted octanol–water partition coefficient (Wildman–Crippen LogP) is 2.05. The van der Waals surface area contributed by atoms with Crippen molar-refractivity contribution in [3.63, 3.8) is 0 Å². The maximum atomic E-state index is 12.2. The van der Waals surface area contributed by atoms with Gasteiger partial charge in [-0.05, 0) is 26.8 Å². The van der Waals surface area contributed by atoms with Crippen molar-refractivity contribution in [3.8, 4) is 0 Å². The summed E-state index contributed by atoms with van der Waals surface area (Å²) < 4.78 is 5.05. The van der Waals surface area contributed by atoms with E-state index in [4.69, 9.17) is 4.52 Å². The second-order valence-corrected chi connectivity index (χ2v) is 4.52. The van der Waals surface area contributed by atoms with Crippen LogP contribution in [0.4, 0.5) is 5.69 Å². The van der Waals surface area contributed by atoms with Gasteiger partial charge in [0.25, 0.3) is 5.91 Å². The van der Waals surface area contributed by atoms with Crippen LogP contribution in [0.15, 0.2) is 22.9 Å². The van der Waals surface area contributed by atoms with Crippen LogP contribution in [0.5, 0.6) is 0 Å². The molecule has 1 amide bonds. The third-order valence-electron chi connectivity index (χ3n) is 2.75. The Morgan fingerprint density at radius 2 is 2.10 bits per heavy atom. The zero-order valence-corrected chi connectivity index (χ0v) is 11.9. The zero-order chi connectivity index (χ0) is 14.5. The Hall–Kier alpha value is -2.37.